The van der Waals surface area contributed by atoms with Crippen molar-refractivity contribution in [2.75, 3.05) is 7.11 Å². The molecule has 1 aliphatic carbocycles. The fourth-order valence-electron chi connectivity index (χ4n) is 1.22. The van der Waals surface area contributed by atoms with Crippen LogP contribution in [0, 0.1) is 0 Å². The van der Waals surface area contributed by atoms with Crippen molar-refractivity contribution in [3.8, 4) is 5.88 Å². The van der Waals surface area contributed by atoms with Crippen LogP contribution in [-0.4, -0.2) is 17.5 Å². The molecule has 0 unspecified atom stereocenters. The van der Waals surface area contributed by atoms with Gasteiger partial charge >= 0.3 is 0 Å². The van der Waals surface area contributed by atoms with Crippen LogP contribution in [0.3, 0.4) is 0 Å². The van der Waals surface area contributed by atoms with Gasteiger partial charge in [0.05, 0.1) is 7.11 Å². The van der Waals surface area contributed by atoms with Crippen LogP contribution in [0.25, 0.3) is 0 Å². The molecule has 0 bridgehead atoms. The summed E-state index contributed by atoms with van der Waals surface area (Å²) in [7, 11) is 1.62. The van der Waals surface area contributed by atoms with E-state index >= 15 is 0 Å². The molecule has 0 amide bonds. The van der Waals surface area contributed by atoms with Gasteiger partial charge in [0.2, 0.25) is 5.88 Å². The molecule has 2 atom stereocenters. The zero-order valence-electron chi connectivity index (χ0n) is 6.83. The molecule has 1 aliphatic rings. The lowest BCUT2D eigenvalue weighted by Gasteiger charge is -2.00. The number of pyridine rings is 1. The Hall–Kier alpha value is -0.760. The number of nitrogens with zero attached hydrogens (tertiary/aromatic N) is 1. The molecule has 0 saturated heterocycles. The van der Waals surface area contributed by atoms with Crippen LogP contribution in [0.5, 0.6) is 5.88 Å². The predicted octanol–water partition coefficient (Wildman–Crippen LogP) is 2.18. The molecule has 0 aliphatic heterocycles. The average Bonchev–Trinajstić information content (AvgIpc) is 2.83. The smallest absolute Gasteiger partial charge is 0.213 e. The highest BCUT2D eigenvalue weighted by Gasteiger charge is 2.37. The molecule has 1 aromatic heterocycles. The number of methoxy groups -OCH3 is 1. The lowest BCUT2D eigenvalue weighted by molar-refractivity contribution is 0.396. The largest absolute Gasteiger partial charge is 0.481 e. The fraction of sp³-hybridized carbons (Fsp3) is 0.444. The molecule has 0 aromatic carbocycles. The molecule has 0 radical (unpaired) electrons. The quantitative estimate of drug-likeness (QED) is 0.656. The Morgan fingerprint density at radius 3 is 2.92 bits per heavy atom. The summed E-state index contributed by atoms with van der Waals surface area (Å²) in [5.74, 6) is 1.12. The van der Waals surface area contributed by atoms with Crippen molar-refractivity contribution in [1.29, 1.82) is 0 Å². The minimum absolute atomic E-state index is 0.282. The number of halogens is 1. The van der Waals surface area contributed by atoms with Crippen molar-refractivity contribution in [3.05, 3.63) is 23.9 Å². The Labute approximate surface area is 76.5 Å². The number of ether oxygens (including phenoxy) is 1. The van der Waals surface area contributed by atoms with Crippen molar-refractivity contribution in [2.45, 2.75) is 17.7 Å². The molecule has 64 valence electrons. The third kappa shape index (κ3) is 1.39. The Morgan fingerprint density at radius 2 is 2.33 bits per heavy atom. The first-order chi connectivity index (χ1) is 5.81. The second-order valence-corrected chi connectivity index (χ2v) is 3.52. The molecule has 3 heteroatoms. The molecular formula is C9H10ClNO. The highest BCUT2D eigenvalue weighted by Crippen LogP contribution is 2.44. The van der Waals surface area contributed by atoms with Gasteiger partial charge in [0.15, 0.2) is 0 Å². The highest BCUT2D eigenvalue weighted by molar-refractivity contribution is 6.23. The van der Waals surface area contributed by atoms with Crippen LogP contribution < -0.4 is 4.74 Å². The van der Waals surface area contributed by atoms with E-state index in [1.807, 2.05) is 18.2 Å². The average molecular weight is 184 g/mol. The zero-order valence-corrected chi connectivity index (χ0v) is 7.58. The van der Waals surface area contributed by atoms with Gasteiger partial charge in [-0.1, -0.05) is 6.07 Å². The van der Waals surface area contributed by atoms with Gasteiger partial charge in [0.25, 0.3) is 0 Å². The van der Waals surface area contributed by atoms with E-state index in [1.54, 1.807) is 7.11 Å². The molecule has 2 rings (SSSR count). The summed E-state index contributed by atoms with van der Waals surface area (Å²) in [6, 6.07) is 5.79. The number of aromatic nitrogens is 1. The molecule has 1 aromatic rings. The summed E-state index contributed by atoms with van der Waals surface area (Å²) in [5, 5.41) is 0.282. The van der Waals surface area contributed by atoms with Crippen molar-refractivity contribution in [2.24, 2.45) is 0 Å². The van der Waals surface area contributed by atoms with E-state index in [1.165, 1.54) is 0 Å². The second kappa shape index (κ2) is 2.94. The van der Waals surface area contributed by atoms with Gasteiger partial charge in [-0.3, -0.25) is 0 Å². The molecule has 0 N–H and O–H groups in total. The third-order valence-electron chi connectivity index (χ3n) is 2.05. The Balaban J connectivity index is 2.21. The van der Waals surface area contributed by atoms with E-state index in [0.29, 0.717) is 11.8 Å². The maximum atomic E-state index is 5.90. The van der Waals surface area contributed by atoms with E-state index < -0.39 is 0 Å². The van der Waals surface area contributed by atoms with Crippen LogP contribution in [0.1, 0.15) is 18.0 Å². The summed E-state index contributed by atoms with van der Waals surface area (Å²) < 4.78 is 5.01. The van der Waals surface area contributed by atoms with E-state index in [2.05, 4.69) is 4.98 Å². The summed E-state index contributed by atoms with van der Waals surface area (Å²) >= 11 is 5.90. The standard InChI is InChI=1S/C9H10ClNO/c1-12-9-4-2-3-8(11-9)6-5-7(6)10/h2-4,6-7H,5H2,1H3/t6-,7-/m0/s1. The maximum absolute atomic E-state index is 5.90. The minimum atomic E-state index is 0.282. The highest BCUT2D eigenvalue weighted by atomic mass is 35.5. The SMILES string of the molecule is COc1cccc([C@H]2C[C@@H]2Cl)n1. The van der Waals surface area contributed by atoms with E-state index in [0.717, 1.165) is 12.1 Å². The summed E-state index contributed by atoms with van der Waals surface area (Å²) in [6.45, 7) is 0. The Bertz CT molecular complexity index is 290. The predicted molar refractivity (Wildman–Crippen MR) is 47.8 cm³/mol. The number of alkyl halides is 1. The molecule has 1 heterocycles. The van der Waals surface area contributed by atoms with Crippen LogP contribution in [0.15, 0.2) is 18.2 Å². The first-order valence-corrected chi connectivity index (χ1v) is 4.40. The maximum Gasteiger partial charge on any atom is 0.213 e. The molecular weight excluding hydrogens is 174 g/mol. The van der Waals surface area contributed by atoms with Crippen LogP contribution in [0.2, 0.25) is 0 Å². The van der Waals surface area contributed by atoms with Crippen molar-refractivity contribution in [3.63, 3.8) is 0 Å². The van der Waals surface area contributed by atoms with E-state index in [4.69, 9.17) is 16.3 Å². The van der Waals surface area contributed by atoms with Gasteiger partial charge in [0, 0.05) is 23.1 Å². The monoisotopic (exact) mass is 183 g/mol. The van der Waals surface area contributed by atoms with Crippen LogP contribution >= 0.6 is 11.6 Å². The Morgan fingerprint density at radius 1 is 1.58 bits per heavy atom. The topological polar surface area (TPSA) is 22.1 Å². The molecule has 0 spiro atoms. The first-order valence-electron chi connectivity index (χ1n) is 3.96. The Kier molecular flexibility index (Phi) is 1.93. The lowest BCUT2D eigenvalue weighted by atomic mass is 10.2. The molecule has 1 fully saturated rings. The molecule has 1 saturated carbocycles. The van der Waals surface area contributed by atoms with Crippen molar-refractivity contribution in [1.82, 2.24) is 4.98 Å². The van der Waals surface area contributed by atoms with Gasteiger partial charge in [-0.2, -0.15) is 0 Å². The first kappa shape index (κ1) is 7.87. The number of hydrogen-bond donors (Lipinski definition) is 0. The molecule has 2 nitrogen and oxygen atoms in total. The van der Waals surface area contributed by atoms with E-state index in [-0.39, 0.29) is 5.38 Å². The van der Waals surface area contributed by atoms with Gasteiger partial charge in [-0.15, -0.1) is 11.6 Å². The van der Waals surface area contributed by atoms with Gasteiger partial charge in [-0.25, -0.2) is 4.98 Å². The van der Waals surface area contributed by atoms with Crippen molar-refractivity contribution >= 4 is 11.6 Å². The van der Waals surface area contributed by atoms with Gasteiger partial charge < -0.3 is 4.74 Å². The third-order valence-corrected chi connectivity index (χ3v) is 2.53. The van der Waals surface area contributed by atoms with Gasteiger partial charge in [-0.05, 0) is 12.5 Å². The van der Waals surface area contributed by atoms with Crippen molar-refractivity contribution < 1.29 is 4.74 Å². The van der Waals surface area contributed by atoms with E-state index in [9.17, 15) is 0 Å². The number of rotatable bonds is 2. The fourth-order valence-corrected chi connectivity index (χ4v) is 1.54. The second-order valence-electron chi connectivity index (χ2n) is 2.96. The van der Waals surface area contributed by atoms with Crippen LogP contribution in [0.4, 0.5) is 0 Å². The van der Waals surface area contributed by atoms with Gasteiger partial charge in [0.1, 0.15) is 0 Å². The summed E-state index contributed by atoms with van der Waals surface area (Å²) in [6.07, 6.45) is 1.04. The normalized spacial score (nSPS) is 26.8. The number of hydrogen-bond acceptors (Lipinski definition) is 2. The van der Waals surface area contributed by atoms with Crippen LogP contribution in [-0.2, 0) is 0 Å². The summed E-state index contributed by atoms with van der Waals surface area (Å²) in [5.41, 5.74) is 1.05. The molecule has 12 heavy (non-hydrogen) atoms. The zero-order chi connectivity index (χ0) is 8.55. The minimum Gasteiger partial charge on any atom is -0.481 e. The summed E-state index contributed by atoms with van der Waals surface area (Å²) in [4.78, 5) is 4.30. The lowest BCUT2D eigenvalue weighted by Crippen LogP contribution is -1.92.